The van der Waals surface area contributed by atoms with E-state index in [1.807, 2.05) is 24.3 Å². The topological polar surface area (TPSA) is 50.8 Å². The number of rotatable bonds is 5. The van der Waals surface area contributed by atoms with Gasteiger partial charge < -0.3 is 19.7 Å². The van der Waals surface area contributed by atoms with Crippen molar-refractivity contribution in [3.05, 3.63) is 59.2 Å². The van der Waals surface area contributed by atoms with Crippen LogP contribution in [0.2, 0.25) is 0 Å². The Balaban J connectivity index is 1.84. The smallest absolute Gasteiger partial charge is 0.241 e. The van der Waals surface area contributed by atoms with Crippen LogP contribution in [0.1, 0.15) is 37.5 Å². The standard InChI is InChI=1S/C24H28N2O3/c1-6-16-10-11-19-18(14-16)23(2,3)24(25-21(27)15-26(19)24)13-12-17-8-7-9-20(28-4)22(17)29-5/h7-14H,6,15H2,1-5H3,(H,25,27). The first kappa shape index (κ1) is 19.4. The SMILES string of the molecule is CCc1ccc2c(c1)C(C)(C)C1(C=Cc3cccc(OC)c3OC)NC(=O)CN21. The predicted molar refractivity (Wildman–Crippen MR) is 116 cm³/mol. The molecule has 1 atom stereocenters. The van der Waals surface area contributed by atoms with Gasteiger partial charge in [-0.3, -0.25) is 4.79 Å². The van der Waals surface area contributed by atoms with Crippen LogP contribution in [0.4, 0.5) is 5.69 Å². The Morgan fingerprint density at radius 1 is 1.17 bits per heavy atom. The Morgan fingerprint density at radius 3 is 2.66 bits per heavy atom. The molecule has 0 radical (unpaired) electrons. The minimum Gasteiger partial charge on any atom is -0.493 e. The van der Waals surface area contributed by atoms with E-state index in [1.165, 1.54) is 11.1 Å². The van der Waals surface area contributed by atoms with Crippen LogP contribution in [-0.4, -0.2) is 32.3 Å². The molecule has 1 fully saturated rings. The van der Waals surface area contributed by atoms with E-state index >= 15 is 0 Å². The lowest BCUT2D eigenvalue weighted by molar-refractivity contribution is -0.118. The Labute approximate surface area is 172 Å². The summed E-state index contributed by atoms with van der Waals surface area (Å²) in [5, 5.41) is 3.27. The number of anilines is 1. The van der Waals surface area contributed by atoms with Crippen LogP contribution in [0.15, 0.2) is 42.5 Å². The van der Waals surface area contributed by atoms with Crippen LogP contribution in [0.25, 0.3) is 6.08 Å². The van der Waals surface area contributed by atoms with Gasteiger partial charge in [-0.05, 0) is 35.8 Å². The largest absolute Gasteiger partial charge is 0.493 e. The van der Waals surface area contributed by atoms with E-state index in [2.05, 4.69) is 55.3 Å². The average molecular weight is 392 g/mol. The van der Waals surface area contributed by atoms with Gasteiger partial charge in [0.15, 0.2) is 11.5 Å². The lowest BCUT2D eigenvalue weighted by Gasteiger charge is -2.40. The normalized spacial score (nSPS) is 21.8. The Kier molecular flexibility index (Phi) is 4.56. The van der Waals surface area contributed by atoms with Crippen LogP contribution in [0, 0.1) is 0 Å². The highest BCUT2D eigenvalue weighted by atomic mass is 16.5. The molecule has 2 aliphatic rings. The molecule has 5 nitrogen and oxygen atoms in total. The maximum Gasteiger partial charge on any atom is 0.241 e. The lowest BCUT2D eigenvalue weighted by Crippen LogP contribution is -2.58. The summed E-state index contributed by atoms with van der Waals surface area (Å²) in [6, 6.07) is 12.4. The minimum absolute atomic E-state index is 0.0329. The van der Waals surface area contributed by atoms with Gasteiger partial charge in [-0.1, -0.05) is 51.1 Å². The van der Waals surface area contributed by atoms with Crippen molar-refractivity contribution in [1.29, 1.82) is 0 Å². The second kappa shape index (κ2) is 6.83. The van der Waals surface area contributed by atoms with Gasteiger partial charge in [0.05, 0.1) is 20.8 Å². The maximum atomic E-state index is 12.5. The highest BCUT2D eigenvalue weighted by molar-refractivity contribution is 5.91. The number of carbonyl (C=O) groups excluding carboxylic acids is 1. The fourth-order valence-corrected chi connectivity index (χ4v) is 4.69. The number of benzene rings is 2. The fraction of sp³-hybridized carbons (Fsp3) is 0.375. The summed E-state index contributed by atoms with van der Waals surface area (Å²) in [5.74, 6) is 1.40. The summed E-state index contributed by atoms with van der Waals surface area (Å²) in [5.41, 5.74) is 3.66. The summed E-state index contributed by atoms with van der Waals surface area (Å²) in [4.78, 5) is 14.7. The third-order valence-electron chi connectivity index (χ3n) is 6.38. The highest BCUT2D eigenvalue weighted by Gasteiger charge is 2.59. The first-order chi connectivity index (χ1) is 13.9. The number of ether oxygens (including phenoxy) is 2. The molecule has 0 aromatic heterocycles. The first-order valence-electron chi connectivity index (χ1n) is 10.00. The van der Waals surface area contributed by atoms with Gasteiger partial charge in [-0.25, -0.2) is 0 Å². The second-order valence-electron chi connectivity index (χ2n) is 8.15. The first-order valence-corrected chi connectivity index (χ1v) is 10.00. The number of hydrogen-bond donors (Lipinski definition) is 1. The van der Waals surface area contributed by atoms with Gasteiger partial charge in [0.25, 0.3) is 0 Å². The monoisotopic (exact) mass is 392 g/mol. The van der Waals surface area contributed by atoms with Crippen molar-refractivity contribution in [2.75, 3.05) is 25.7 Å². The fourth-order valence-electron chi connectivity index (χ4n) is 4.69. The van der Waals surface area contributed by atoms with E-state index in [-0.39, 0.29) is 11.3 Å². The van der Waals surface area contributed by atoms with Gasteiger partial charge >= 0.3 is 0 Å². The Bertz CT molecular complexity index is 996. The van der Waals surface area contributed by atoms with E-state index in [1.54, 1.807) is 14.2 Å². The zero-order valence-corrected chi connectivity index (χ0v) is 17.7. The zero-order valence-electron chi connectivity index (χ0n) is 17.7. The number of nitrogens with zero attached hydrogens (tertiary/aromatic N) is 1. The Hall–Kier alpha value is -2.95. The molecule has 2 aromatic carbocycles. The van der Waals surface area contributed by atoms with Crippen LogP contribution in [0.5, 0.6) is 11.5 Å². The molecule has 0 saturated carbocycles. The predicted octanol–water partition coefficient (Wildman–Crippen LogP) is 3.90. The van der Waals surface area contributed by atoms with Crippen molar-refractivity contribution in [3.63, 3.8) is 0 Å². The van der Waals surface area contributed by atoms with Crippen LogP contribution in [0.3, 0.4) is 0 Å². The molecule has 4 rings (SSSR count). The molecule has 2 heterocycles. The molecule has 1 saturated heterocycles. The summed E-state index contributed by atoms with van der Waals surface area (Å²) in [6.45, 7) is 6.91. The van der Waals surface area contributed by atoms with Crippen molar-refractivity contribution in [3.8, 4) is 11.5 Å². The van der Waals surface area contributed by atoms with E-state index < -0.39 is 5.66 Å². The van der Waals surface area contributed by atoms with Crippen molar-refractivity contribution in [2.45, 2.75) is 38.3 Å². The molecule has 1 N–H and O–H groups in total. The molecule has 0 spiro atoms. The van der Waals surface area contributed by atoms with Crippen molar-refractivity contribution in [1.82, 2.24) is 5.32 Å². The van der Waals surface area contributed by atoms with Gasteiger partial charge in [-0.2, -0.15) is 0 Å². The number of para-hydroxylation sites is 1. The van der Waals surface area contributed by atoms with Crippen LogP contribution >= 0.6 is 0 Å². The number of methoxy groups -OCH3 is 2. The van der Waals surface area contributed by atoms with E-state index in [4.69, 9.17) is 9.47 Å². The molecular weight excluding hydrogens is 364 g/mol. The minimum atomic E-state index is -0.632. The van der Waals surface area contributed by atoms with Crippen LogP contribution < -0.4 is 19.7 Å². The van der Waals surface area contributed by atoms with Crippen molar-refractivity contribution < 1.29 is 14.3 Å². The zero-order chi connectivity index (χ0) is 20.8. The number of fused-ring (bicyclic) bond motifs is 3. The molecule has 0 bridgehead atoms. The van der Waals surface area contributed by atoms with E-state index in [0.29, 0.717) is 18.0 Å². The molecule has 2 aliphatic heterocycles. The molecule has 2 aromatic rings. The second-order valence-corrected chi connectivity index (χ2v) is 8.15. The van der Waals surface area contributed by atoms with Gasteiger partial charge in [-0.15, -0.1) is 0 Å². The number of hydrogen-bond acceptors (Lipinski definition) is 4. The van der Waals surface area contributed by atoms with Gasteiger partial charge in [0.2, 0.25) is 5.91 Å². The molecule has 152 valence electrons. The van der Waals surface area contributed by atoms with Gasteiger partial charge in [0, 0.05) is 16.7 Å². The van der Waals surface area contributed by atoms with E-state index in [9.17, 15) is 4.79 Å². The summed E-state index contributed by atoms with van der Waals surface area (Å²) >= 11 is 0. The molecule has 0 aliphatic carbocycles. The Morgan fingerprint density at radius 2 is 1.97 bits per heavy atom. The molecule has 1 amide bonds. The molecule has 29 heavy (non-hydrogen) atoms. The van der Waals surface area contributed by atoms with E-state index in [0.717, 1.165) is 17.7 Å². The summed E-state index contributed by atoms with van der Waals surface area (Å²) in [7, 11) is 3.27. The molecular formula is C24H28N2O3. The van der Waals surface area contributed by atoms with Crippen LogP contribution in [-0.2, 0) is 16.6 Å². The van der Waals surface area contributed by atoms with Gasteiger partial charge in [0.1, 0.15) is 5.66 Å². The lowest BCUT2D eigenvalue weighted by atomic mass is 9.75. The maximum absolute atomic E-state index is 12.5. The average Bonchev–Trinajstić information content (AvgIpc) is 3.15. The van der Waals surface area contributed by atoms with Crippen molar-refractivity contribution >= 4 is 17.7 Å². The summed E-state index contributed by atoms with van der Waals surface area (Å²) in [6.07, 6.45) is 5.11. The number of nitrogens with one attached hydrogen (secondary N) is 1. The molecule has 5 heteroatoms. The summed E-state index contributed by atoms with van der Waals surface area (Å²) < 4.78 is 11.0. The quantitative estimate of drug-likeness (QED) is 0.838. The number of amides is 1. The third kappa shape index (κ3) is 2.71. The third-order valence-corrected chi connectivity index (χ3v) is 6.38. The molecule has 1 unspecified atom stereocenters. The number of carbonyl (C=O) groups is 1. The highest BCUT2D eigenvalue weighted by Crippen LogP contribution is 2.53. The van der Waals surface area contributed by atoms with Crippen molar-refractivity contribution in [2.24, 2.45) is 0 Å². The number of aryl methyl sites for hydroxylation is 1.